The van der Waals surface area contributed by atoms with Crippen LogP contribution in [0.4, 0.5) is 8.78 Å². The molecule has 20 heavy (non-hydrogen) atoms. The molecule has 1 aromatic heterocycles. The quantitative estimate of drug-likeness (QED) is 0.808. The molecule has 0 saturated carbocycles. The highest BCUT2D eigenvalue weighted by atomic mass is 32.1. The van der Waals surface area contributed by atoms with Gasteiger partial charge in [-0.3, -0.25) is 0 Å². The molecule has 0 aliphatic heterocycles. The highest BCUT2D eigenvalue weighted by molar-refractivity contribution is 7.07. The number of hydrogen-bond acceptors (Lipinski definition) is 2. The number of hydrogen-bond donors (Lipinski definition) is 1. The van der Waals surface area contributed by atoms with Crippen molar-refractivity contribution in [3.8, 4) is 0 Å². The maximum Gasteiger partial charge on any atom is 0.126 e. The fourth-order valence-electron chi connectivity index (χ4n) is 2.35. The van der Waals surface area contributed by atoms with Gasteiger partial charge in [-0.05, 0) is 65.9 Å². The lowest BCUT2D eigenvalue weighted by molar-refractivity contribution is 0.487. The fourth-order valence-corrected chi connectivity index (χ4v) is 3.06. The van der Waals surface area contributed by atoms with Crippen LogP contribution in [0.5, 0.6) is 0 Å². The molecule has 0 radical (unpaired) electrons. The van der Waals surface area contributed by atoms with E-state index < -0.39 is 11.6 Å². The van der Waals surface area contributed by atoms with E-state index in [2.05, 4.69) is 22.1 Å². The molecular formula is C16H19F2NS. The molecule has 0 saturated heterocycles. The molecule has 2 aromatic rings. The number of thiophene rings is 1. The monoisotopic (exact) mass is 295 g/mol. The normalized spacial score (nSPS) is 12.6. The van der Waals surface area contributed by atoms with Crippen LogP contribution in [-0.4, -0.2) is 12.6 Å². The first kappa shape index (κ1) is 15.1. The summed E-state index contributed by atoms with van der Waals surface area (Å²) in [5, 5.41) is 7.60. The topological polar surface area (TPSA) is 12.0 Å². The van der Waals surface area contributed by atoms with E-state index in [9.17, 15) is 8.78 Å². The Morgan fingerprint density at radius 1 is 1.15 bits per heavy atom. The fraction of sp³-hybridized carbons (Fsp3) is 0.375. The van der Waals surface area contributed by atoms with Crippen molar-refractivity contribution >= 4 is 11.3 Å². The second-order valence-corrected chi connectivity index (χ2v) is 5.69. The van der Waals surface area contributed by atoms with Crippen molar-refractivity contribution in [2.24, 2.45) is 0 Å². The van der Waals surface area contributed by atoms with Crippen LogP contribution >= 0.6 is 11.3 Å². The minimum atomic E-state index is -0.506. The van der Waals surface area contributed by atoms with Crippen LogP contribution in [0, 0.1) is 11.6 Å². The molecule has 4 heteroatoms. The average molecular weight is 295 g/mol. The van der Waals surface area contributed by atoms with Gasteiger partial charge < -0.3 is 5.32 Å². The molecule has 1 atom stereocenters. The summed E-state index contributed by atoms with van der Waals surface area (Å²) in [5.41, 5.74) is 2.03. The number of benzene rings is 1. The summed E-state index contributed by atoms with van der Waals surface area (Å²) in [7, 11) is 0. The Morgan fingerprint density at radius 2 is 1.90 bits per heavy atom. The molecule has 0 aliphatic carbocycles. The van der Waals surface area contributed by atoms with E-state index in [-0.39, 0.29) is 6.04 Å². The van der Waals surface area contributed by atoms with Gasteiger partial charge in [-0.1, -0.05) is 6.92 Å². The van der Waals surface area contributed by atoms with E-state index >= 15 is 0 Å². The number of nitrogens with one attached hydrogen (secondary N) is 1. The van der Waals surface area contributed by atoms with E-state index in [1.165, 1.54) is 17.7 Å². The Morgan fingerprint density at radius 3 is 2.50 bits per heavy atom. The van der Waals surface area contributed by atoms with E-state index in [4.69, 9.17) is 0 Å². The predicted octanol–water partition coefficient (Wildman–Crippen LogP) is 4.18. The van der Waals surface area contributed by atoms with E-state index in [0.29, 0.717) is 12.0 Å². The number of aryl methyl sites for hydroxylation is 1. The Kier molecular flexibility index (Phi) is 5.68. The van der Waals surface area contributed by atoms with Crippen molar-refractivity contribution in [1.29, 1.82) is 0 Å². The van der Waals surface area contributed by atoms with Gasteiger partial charge in [0.15, 0.2) is 0 Å². The van der Waals surface area contributed by atoms with Crippen LogP contribution in [0.2, 0.25) is 0 Å². The van der Waals surface area contributed by atoms with Gasteiger partial charge in [-0.2, -0.15) is 11.3 Å². The molecule has 0 fully saturated rings. The lowest BCUT2D eigenvalue weighted by Crippen LogP contribution is -2.31. The molecule has 2 rings (SSSR count). The molecule has 0 amide bonds. The third kappa shape index (κ3) is 4.69. The summed E-state index contributed by atoms with van der Waals surface area (Å²) in [6.07, 6.45) is 2.59. The number of likely N-dealkylation sites (N-methyl/N-ethyl adjacent to an activating group) is 1. The Balaban J connectivity index is 1.97. The maximum atomic E-state index is 13.2. The Labute approximate surface area is 122 Å². The molecule has 1 nitrogen and oxygen atoms in total. The summed E-state index contributed by atoms with van der Waals surface area (Å²) < 4.78 is 26.4. The van der Waals surface area contributed by atoms with Crippen LogP contribution in [0.25, 0.3) is 0 Å². The first-order valence-corrected chi connectivity index (χ1v) is 7.81. The molecule has 1 N–H and O–H groups in total. The van der Waals surface area contributed by atoms with E-state index in [1.807, 2.05) is 6.92 Å². The Bertz CT molecular complexity index is 505. The summed E-state index contributed by atoms with van der Waals surface area (Å²) in [4.78, 5) is 0. The third-order valence-corrected chi connectivity index (χ3v) is 3.99. The summed E-state index contributed by atoms with van der Waals surface area (Å²) in [5.74, 6) is -1.01. The van der Waals surface area contributed by atoms with Crippen molar-refractivity contribution in [1.82, 2.24) is 5.32 Å². The largest absolute Gasteiger partial charge is 0.314 e. The number of rotatable bonds is 7. The van der Waals surface area contributed by atoms with Crippen LogP contribution in [0.3, 0.4) is 0 Å². The lowest BCUT2D eigenvalue weighted by atomic mass is 10.00. The van der Waals surface area contributed by atoms with Crippen molar-refractivity contribution in [2.75, 3.05) is 6.54 Å². The summed E-state index contributed by atoms with van der Waals surface area (Å²) in [6, 6.07) is 6.10. The van der Waals surface area contributed by atoms with Crippen LogP contribution in [0.15, 0.2) is 35.0 Å². The summed E-state index contributed by atoms with van der Waals surface area (Å²) >= 11 is 1.69. The molecule has 0 aliphatic rings. The van der Waals surface area contributed by atoms with E-state index in [1.54, 1.807) is 11.3 Å². The zero-order chi connectivity index (χ0) is 14.4. The second-order valence-electron chi connectivity index (χ2n) is 4.91. The molecule has 1 heterocycles. The lowest BCUT2D eigenvalue weighted by Gasteiger charge is -2.18. The zero-order valence-electron chi connectivity index (χ0n) is 11.5. The van der Waals surface area contributed by atoms with Crippen LogP contribution in [-0.2, 0) is 12.8 Å². The highest BCUT2D eigenvalue weighted by Crippen LogP contribution is 2.14. The highest BCUT2D eigenvalue weighted by Gasteiger charge is 2.10. The van der Waals surface area contributed by atoms with Gasteiger partial charge in [-0.15, -0.1) is 0 Å². The van der Waals surface area contributed by atoms with Crippen LogP contribution in [0.1, 0.15) is 24.5 Å². The predicted molar refractivity (Wildman–Crippen MR) is 80.2 cm³/mol. The van der Waals surface area contributed by atoms with Gasteiger partial charge in [0.25, 0.3) is 0 Å². The van der Waals surface area contributed by atoms with Crippen molar-refractivity contribution in [3.63, 3.8) is 0 Å². The van der Waals surface area contributed by atoms with Crippen molar-refractivity contribution < 1.29 is 8.78 Å². The maximum absolute atomic E-state index is 13.2. The van der Waals surface area contributed by atoms with E-state index in [0.717, 1.165) is 25.5 Å². The molecule has 0 bridgehead atoms. The molecule has 1 unspecified atom stereocenters. The van der Waals surface area contributed by atoms with Gasteiger partial charge >= 0.3 is 0 Å². The zero-order valence-corrected chi connectivity index (χ0v) is 12.4. The van der Waals surface area contributed by atoms with Gasteiger partial charge in [0, 0.05) is 12.1 Å². The first-order chi connectivity index (χ1) is 9.67. The summed E-state index contributed by atoms with van der Waals surface area (Å²) in [6.45, 7) is 2.90. The van der Waals surface area contributed by atoms with Crippen LogP contribution < -0.4 is 5.32 Å². The second kappa shape index (κ2) is 7.50. The van der Waals surface area contributed by atoms with Gasteiger partial charge in [-0.25, -0.2) is 8.78 Å². The number of halogens is 2. The smallest absolute Gasteiger partial charge is 0.126 e. The SMILES string of the molecule is CCNC(CCc1ccsc1)Cc1cc(F)cc(F)c1. The van der Waals surface area contributed by atoms with Gasteiger partial charge in [0.05, 0.1) is 0 Å². The van der Waals surface area contributed by atoms with Gasteiger partial charge in [0.1, 0.15) is 11.6 Å². The average Bonchev–Trinajstić information content (AvgIpc) is 2.88. The van der Waals surface area contributed by atoms with Crippen molar-refractivity contribution in [3.05, 3.63) is 57.8 Å². The first-order valence-electron chi connectivity index (χ1n) is 6.87. The molecular weight excluding hydrogens is 276 g/mol. The van der Waals surface area contributed by atoms with Gasteiger partial charge in [0.2, 0.25) is 0 Å². The molecule has 0 spiro atoms. The minimum Gasteiger partial charge on any atom is -0.314 e. The third-order valence-electron chi connectivity index (χ3n) is 3.26. The van der Waals surface area contributed by atoms with Crippen molar-refractivity contribution in [2.45, 2.75) is 32.2 Å². The molecule has 108 valence electrons. The minimum absolute atomic E-state index is 0.237. The Hall–Kier alpha value is -1.26. The standard InChI is InChI=1S/C16H19F2NS/c1-2-19-16(4-3-12-5-6-20-11-12)9-13-7-14(17)10-15(18)8-13/h5-8,10-11,16,19H,2-4,9H2,1H3. The molecule has 1 aromatic carbocycles.